The van der Waals surface area contributed by atoms with Crippen LogP contribution in [0.4, 0.5) is 0 Å². The first-order valence-electron chi connectivity index (χ1n) is 6.36. The van der Waals surface area contributed by atoms with Gasteiger partial charge < -0.3 is 14.8 Å². The maximum absolute atomic E-state index is 12.3. The van der Waals surface area contributed by atoms with Crippen molar-refractivity contribution in [1.29, 1.82) is 0 Å². The van der Waals surface area contributed by atoms with E-state index in [0.717, 1.165) is 19.4 Å². The number of nitrogens with zero attached hydrogens (tertiary/aromatic N) is 1. The number of hydrogen-bond acceptors (Lipinski definition) is 4. The molecule has 1 aromatic rings. The number of aliphatic hydroxyl groups excluding tert-OH is 1. The summed E-state index contributed by atoms with van der Waals surface area (Å²) < 4.78 is 31.4. The van der Waals surface area contributed by atoms with Gasteiger partial charge in [-0.1, -0.05) is 0 Å². The molecule has 0 bridgehead atoms. The van der Waals surface area contributed by atoms with Crippen LogP contribution in [0.2, 0.25) is 0 Å². The van der Waals surface area contributed by atoms with Crippen molar-refractivity contribution in [3.8, 4) is 0 Å². The molecule has 1 atom stereocenters. The van der Waals surface area contributed by atoms with Gasteiger partial charge in [-0.25, -0.2) is 12.7 Å². The van der Waals surface area contributed by atoms with Crippen molar-refractivity contribution < 1.29 is 18.3 Å². The number of rotatable bonds is 5. The first-order chi connectivity index (χ1) is 9.04. The topological polar surface area (TPSA) is 82.6 Å². The Balaban J connectivity index is 2.05. The number of H-pyrrole nitrogens is 1. The Kier molecular flexibility index (Phi) is 4.62. The summed E-state index contributed by atoms with van der Waals surface area (Å²) in [7, 11) is -1.91. The van der Waals surface area contributed by atoms with Crippen LogP contribution in [0.15, 0.2) is 17.2 Å². The number of ether oxygens (including phenoxy) is 1. The van der Waals surface area contributed by atoms with Gasteiger partial charge in [-0.05, 0) is 24.8 Å². The minimum atomic E-state index is -3.49. The number of aliphatic hydroxyl groups is 1. The molecule has 1 aliphatic rings. The fourth-order valence-electron chi connectivity index (χ4n) is 2.25. The maximum atomic E-state index is 12.3. The number of nitrogens with one attached hydrogen (secondary N) is 1. The molecule has 2 heterocycles. The molecule has 6 nitrogen and oxygen atoms in total. The van der Waals surface area contributed by atoms with E-state index in [2.05, 4.69) is 4.98 Å². The molecule has 7 heteroatoms. The van der Waals surface area contributed by atoms with Gasteiger partial charge in [-0.3, -0.25) is 0 Å². The molecule has 1 fully saturated rings. The Bertz CT molecular complexity index is 506. The Hall–Kier alpha value is -0.890. The average molecular weight is 288 g/mol. The number of sulfonamides is 1. The Morgan fingerprint density at radius 3 is 2.95 bits per heavy atom. The normalized spacial score (nSPS) is 20.9. The zero-order chi connectivity index (χ0) is 13.9. The quantitative estimate of drug-likeness (QED) is 0.829. The van der Waals surface area contributed by atoms with E-state index in [-0.39, 0.29) is 17.4 Å². The summed E-state index contributed by atoms with van der Waals surface area (Å²) in [4.78, 5) is 2.93. The lowest BCUT2D eigenvalue weighted by Gasteiger charge is -2.26. The highest BCUT2D eigenvalue weighted by Crippen LogP contribution is 2.20. The monoisotopic (exact) mass is 288 g/mol. The van der Waals surface area contributed by atoms with Crippen LogP contribution < -0.4 is 0 Å². The second-order valence-corrected chi connectivity index (χ2v) is 6.93. The molecular formula is C12H20N2O4S. The van der Waals surface area contributed by atoms with Gasteiger partial charge >= 0.3 is 0 Å². The highest BCUT2D eigenvalue weighted by atomic mass is 32.2. The fourth-order valence-corrected chi connectivity index (χ4v) is 3.52. The van der Waals surface area contributed by atoms with Gasteiger partial charge in [-0.2, -0.15) is 0 Å². The SMILES string of the molecule is CN(CC1CCCOC1)S(=O)(=O)c1c[nH]c(CO)c1. The van der Waals surface area contributed by atoms with E-state index in [0.29, 0.717) is 18.8 Å². The van der Waals surface area contributed by atoms with Gasteiger partial charge in [0.2, 0.25) is 10.0 Å². The summed E-state index contributed by atoms with van der Waals surface area (Å²) in [6.45, 7) is 1.65. The van der Waals surface area contributed by atoms with Crippen LogP contribution >= 0.6 is 0 Å². The van der Waals surface area contributed by atoms with Crippen molar-refractivity contribution in [2.45, 2.75) is 24.3 Å². The van der Waals surface area contributed by atoms with Crippen LogP contribution in [-0.2, 0) is 21.4 Å². The molecule has 2 rings (SSSR count). The lowest BCUT2D eigenvalue weighted by molar-refractivity contribution is 0.0495. The van der Waals surface area contributed by atoms with Gasteiger partial charge in [0.15, 0.2) is 0 Å². The van der Waals surface area contributed by atoms with E-state index in [4.69, 9.17) is 9.84 Å². The molecule has 19 heavy (non-hydrogen) atoms. The first-order valence-corrected chi connectivity index (χ1v) is 7.80. The summed E-state index contributed by atoms with van der Waals surface area (Å²) in [5.41, 5.74) is 0.493. The van der Waals surface area contributed by atoms with Gasteiger partial charge in [0.05, 0.1) is 18.1 Å². The third-order valence-electron chi connectivity index (χ3n) is 3.36. The van der Waals surface area contributed by atoms with E-state index in [9.17, 15) is 8.42 Å². The van der Waals surface area contributed by atoms with Crippen molar-refractivity contribution in [3.05, 3.63) is 18.0 Å². The predicted molar refractivity (Wildman–Crippen MR) is 70.1 cm³/mol. The minimum absolute atomic E-state index is 0.191. The summed E-state index contributed by atoms with van der Waals surface area (Å²) in [5, 5.41) is 8.96. The van der Waals surface area contributed by atoms with Crippen LogP contribution in [0, 0.1) is 5.92 Å². The van der Waals surface area contributed by atoms with E-state index in [1.807, 2.05) is 0 Å². The summed E-state index contributed by atoms with van der Waals surface area (Å²) in [6.07, 6.45) is 3.39. The molecule has 0 spiro atoms. The smallest absolute Gasteiger partial charge is 0.244 e. The second-order valence-electron chi connectivity index (χ2n) is 4.89. The number of hydrogen-bond donors (Lipinski definition) is 2. The first kappa shape index (κ1) is 14.5. The largest absolute Gasteiger partial charge is 0.390 e. The average Bonchev–Trinajstić information content (AvgIpc) is 2.89. The van der Waals surface area contributed by atoms with E-state index < -0.39 is 10.0 Å². The predicted octanol–water partition coefficient (Wildman–Crippen LogP) is 0.554. The molecule has 108 valence electrons. The van der Waals surface area contributed by atoms with Gasteiger partial charge in [0.25, 0.3) is 0 Å². The molecule has 0 radical (unpaired) electrons. The minimum Gasteiger partial charge on any atom is -0.390 e. The lowest BCUT2D eigenvalue weighted by atomic mass is 10.0. The second kappa shape index (κ2) is 6.04. The van der Waals surface area contributed by atoms with Crippen molar-refractivity contribution in [3.63, 3.8) is 0 Å². The third kappa shape index (κ3) is 3.36. The zero-order valence-corrected chi connectivity index (χ0v) is 11.8. The summed E-state index contributed by atoms with van der Waals surface area (Å²) in [5.74, 6) is 0.254. The lowest BCUT2D eigenvalue weighted by Crippen LogP contribution is -2.35. The summed E-state index contributed by atoms with van der Waals surface area (Å²) in [6, 6.07) is 1.46. The molecule has 1 aliphatic heterocycles. The maximum Gasteiger partial charge on any atom is 0.244 e. The van der Waals surface area contributed by atoms with Crippen molar-refractivity contribution in [1.82, 2.24) is 9.29 Å². The molecule has 0 aliphatic carbocycles. The number of aromatic amines is 1. The van der Waals surface area contributed by atoms with Crippen LogP contribution in [0.25, 0.3) is 0 Å². The molecule has 1 aromatic heterocycles. The van der Waals surface area contributed by atoms with Crippen LogP contribution in [0.1, 0.15) is 18.5 Å². The third-order valence-corrected chi connectivity index (χ3v) is 5.17. The molecule has 1 saturated heterocycles. The van der Waals surface area contributed by atoms with Gasteiger partial charge in [-0.15, -0.1) is 0 Å². The van der Waals surface area contributed by atoms with Crippen LogP contribution in [0.5, 0.6) is 0 Å². The fraction of sp³-hybridized carbons (Fsp3) is 0.667. The highest BCUT2D eigenvalue weighted by molar-refractivity contribution is 7.89. The standard InChI is InChI=1S/C12H20N2O4S/c1-14(7-10-3-2-4-18-9-10)19(16,17)12-5-11(8-15)13-6-12/h5-6,10,13,15H,2-4,7-9H2,1H3. The summed E-state index contributed by atoms with van der Waals surface area (Å²) >= 11 is 0. The number of aromatic nitrogens is 1. The van der Waals surface area contributed by atoms with E-state index >= 15 is 0 Å². The van der Waals surface area contributed by atoms with Gasteiger partial charge in [0, 0.05) is 32.1 Å². The van der Waals surface area contributed by atoms with E-state index in [1.54, 1.807) is 7.05 Å². The van der Waals surface area contributed by atoms with Gasteiger partial charge in [0.1, 0.15) is 0 Å². The van der Waals surface area contributed by atoms with Crippen LogP contribution in [-0.4, -0.2) is 49.6 Å². The van der Waals surface area contributed by atoms with Crippen molar-refractivity contribution >= 4 is 10.0 Å². The molecule has 0 aromatic carbocycles. The van der Waals surface area contributed by atoms with Crippen LogP contribution in [0.3, 0.4) is 0 Å². The van der Waals surface area contributed by atoms with E-state index in [1.165, 1.54) is 16.6 Å². The molecule has 0 saturated carbocycles. The molecular weight excluding hydrogens is 268 g/mol. The molecule has 2 N–H and O–H groups in total. The molecule has 0 amide bonds. The molecule has 1 unspecified atom stereocenters. The Labute approximate surface area is 113 Å². The van der Waals surface area contributed by atoms with Crippen molar-refractivity contribution in [2.24, 2.45) is 5.92 Å². The zero-order valence-electron chi connectivity index (χ0n) is 11.0. The van der Waals surface area contributed by atoms with Crippen molar-refractivity contribution in [2.75, 3.05) is 26.8 Å². The Morgan fingerprint density at radius 2 is 2.37 bits per heavy atom. The highest BCUT2D eigenvalue weighted by Gasteiger charge is 2.25. The Morgan fingerprint density at radius 1 is 1.58 bits per heavy atom.